The van der Waals surface area contributed by atoms with E-state index in [-0.39, 0.29) is 11.9 Å². The van der Waals surface area contributed by atoms with E-state index in [9.17, 15) is 9.59 Å². The molecule has 2 aromatic carbocycles. The molecule has 1 aliphatic heterocycles. The molecule has 1 aliphatic rings. The summed E-state index contributed by atoms with van der Waals surface area (Å²) in [6.07, 6.45) is 1.75. The molecule has 7 heteroatoms. The first-order valence-electron chi connectivity index (χ1n) is 8.30. The van der Waals surface area contributed by atoms with Gasteiger partial charge in [0.15, 0.2) is 5.17 Å². The summed E-state index contributed by atoms with van der Waals surface area (Å²) < 4.78 is 4.96. The largest absolute Gasteiger partial charge is 0.462 e. The van der Waals surface area contributed by atoms with Gasteiger partial charge in [-0.1, -0.05) is 29.8 Å². The third-order valence-electron chi connectivity index (χ3n) is 3.83. The lowest BCUT2D eigenvalue weighted by atomic mass is 10.1. The number of aliphatic imine (C=N–C) groups is 1. The predicted octanol–water partition coefficient (Wildman–Crippen LogP) is 4.72. The van der Waals surface area contributed by atoms with Crippen molar-refractivity contribution < 1.29 is 14.3 Å². The van der Waals surface area contributed by atoms with Crippen LogP contribution < -0.4 is 5.32 Å². The first-order chi connectivity index (χ1) is 13.0. The number of carbonyl (C=O) groups excluding carboxylic acids is 2. The van der Waals surface area contributed by atoms with E-state index in [1.165, 1.54) is 11.8 Å². The highest BCUT2D eigenvalue weighted by atomic mass is 35.5. The molecule has 1 fully saturated rings. The Morgan fingerprint density at radius 1 is 1.26 bits per heavy atom. The zero-order chi connectivity index (χ0) is 19.4. The van der Waals surface area contributed by atoms with Crippen molar-refractivity contribution in [3.8, 4) is 0 Å². The Labute approximate surface area is 166 Å². The summed E-state index contributed by atoms with van der Waals surface area (Å²) in [5, 5.41) is 3.88. The van der Waals surface area contributed by atoms with Crippen LogP contribution in [0.15, 0.2) is 52.4 Å². The molecule has 2 aromatic rings. The molecule has 27 heavy (non-hydrogen) atoms. The summed E-state index contributed by atoms with van der Waals surface area (Å²) in [6.45, 7) is 3.97. The summed E-state index contributed by atoms with van der Waals surface area (Å²) in [5.74, 6) is -0.580. The summed E-state index contributed by atoms with van der Waals surface area (Å²) in [5.41, 5.74) is 2.85. The molecule has 0 aromatic heterocycles. The van der Waals surface area contributed by atoms with E-state index in [0.29, 0.717) is 33.0 Å². The second kappa shape index (κ2) is 8.41. The lowest BCUT2D eigenvalue weighted by Crippen LogP contribution is -2.19. The smallest absolute Gasteiger partial charge is 0.338 e. The topological polar surface area (TPSA) is 67.8 Å². The Kier molecular flexibility index (Phi) is 5.98. The lowest BCUT2D eigenvalue weighted by Gasteiger charge is -2.02. The summed E-state index contributed by atoms with van der Waals surface area (Å²) in [7, 11) is 0. The third-order valence-corrected chi connectivity index (χ3v) is 5.15. The minimum absolute atomic E-state index is 0.215. The molecule has 0 bridgehead atoms. The number of ether oxygens (including phenoxy) is 1. The van der Waals surface area contributed by atoms with Gasteiger partial charge in [-0.2, -0.15) is 0 Å². The number of hydrogen-bond acceptors (Lipinski definition) is 5. The molecule has 1 heterocycles. The molecule has 1 amide bonds. The lowest BCUT2D eigenvalue weighted by molar-refractivity contribution is -0.115. The molecule has 0 aliphatic carbocycles. The summed E-state index contributed by atoms with van der Waals surface area (Å²) in [6, 6.07) is 12.3. The van der Waals surface area contributed by atoms with Gasteiger partial charge < -0.3 is 10.1 Å². The zero-order valence-corrected chi connectivity index (χ0v) is 16.4. The van der Waals surface area contributed by atoms with Crippen LogP contribution in [0.3, 0.4) is 0 Å². The molecular weight excluding hydrogens is 384 g/mol. The normalized spacial score (nSPS) is 16.6. The molecule has 1 saturated heterocycles. The average Bonchev–Trinajstić information content (AvgIpc) is 2.99. The summed E-state index contributed by atoms with van der Waals surface area (Å²) in [4.78, 5) is 28.9. The number of esters is 1. The van der Waals surface area contributed by atoms with E-state index in [2.05, 4.69) is 10.3 Å². The highest BCUT2D eigenvalue weighted by molar-refractivity contribution is 8.18. The number of nitrogens with zero attached hydrogens (tertiary/aromatic N) is 1. The van der Waals surface area contributed by atoms with Gasteiger partial charge >= 0.3 is 5.97 Å². The van der Waals surface area contributed by atoms with E-state index in [1.54, 1.807) is 43.3 Å². The molecule has 0 atom stereocenters. The molecule has 0 saturated carbocycles. The minimum Gasteiger partial charge on any atom is -0.462 e. The van der Waals surface area contributed by atoms with Crippen molar-refractivity contribution in [2.24, 2.45) is 4.99 Å². The molecule has 0 unspecified atom stereocenters. The van der Waals surface area contributed by atoms with Gasteiger partial charge in [0.1, 0.15) is 0 Å². The van der Waals surface area contributed by atoms with E-state index in [1.807, 2.05) is 19.1 Å². The second-order valence-corrected chi connectivity index (χ2v) is 7.15. The molecule has 5 nitrogen and oxygen atoms in total. The SMILES string of the molecule is CCOC(=O)c1ccc(/C=C2\SC(=Nc3cccc(Cl)c3C)NC2=O)cc1. The highest BCUT2D eigenvalue weighted by Gasteiger charge is 2.24. The van der Waals surface area contributed by atoms with Gasteiger partial charge in [0.2, 0.25) is 0 Å². The van der Waals surface area contributed by atoms with Crippen LogP contribution >= 0.6 is 23.4 Å². The number of hydrogen-bond donors (Lipinski definition) is 1. The van der Waals surface area contributed by atoms with E-state index < -0.39 is 0 Å². The van der Waals surface area contributed by atoms with Crippen molar-refractivity contribution in [1.82, 2.24) is 5.32 Å². The number of nitrogens with one attached hydrogen (secondary N) is 1. The Morgan fingerprint density at radius 2 is 2.00 bits per heavy atom. The van der Waals surface area contributed by atoms with Crippen molar-refractivity contribution in [3.05, 3.63) is 69.1 Å². The van der Waals surface area contributed by atoms with Crippen molar-refractivity contribution in [3.63, 3.8) is 0 Å². The molecule has 138 valence electrons. The van der Waals surface area contributed by atoms with Crippen LogP contribution in [0.5, 0.6) is 0 Å². The van der Waals surface area contributed by atoms with E-state index >= 15 is 0 Å². The van der Waals surface area contributed by atoms with Crippen LogP contribution in [0.25, 0.3) is 6.08 Å². The van der Waals surface area contributed by atoms with Crippen LogP contribution in [0.4, 0.5) is 5.69 Å². The van der Waals surface area contributed by atoms with Gasteiger partial charge in [0.25, 0.3) is 5.91 Å². The van der Waals surface area contributed by atoms with Gasteiger partial charge in [-0.15, -0.1) is 0 Å². The zero-order valence-electron chi connectivity index (χ0n) is 14.8. The van der Waals surface area contributed by atoms with Gasteiger partial charge in [-0.05, 0) is 67.1 Å². The second-order valence-electron chi connectivity index (χ2n) is 5.71. The molecule has 0 spiro atoms. The van der Waals surface area contributed by atoms with Crippen LogP contribution in [-0.4, -0.2) is 23.7 Å². The maximum Gasteiger partial charge on any atom is 0.338 e. The number of carbonyl (C=O) groups is 2. The van der Waals surface area contributed by atoms with Gasteiger partial charge in [-0.3, -0.25) is 4.79 Å². The fourth-order valence-corrected chi connectivity index (χ4v) is 3.39. The Balaban J connectivity index is 1.78. The number of amides is 1. The molecule has 1 N–H and O–H groups in total. The fraction of sp³-hybridized carbons (Fsp3) is 0.150. The number of benzene rings is 2. The molecule has 3 rings (SSSR count). The molecular formula is C20H17ClN2O3S. The first-order valence-corrected chi connectivity index (χ1v) is 9.49. The maximum absolute atomic E-state index is 12.2. The average molecular weight is 401 g/mol. The van der Waals surface area contributed by atoms with Gasteiger partial charge in [-0.25, -0.2) is 9.79 Å². The van der Waals surface area contributed by atoms with Crippen LogP contribution in [0.2, 0.25) is 5.02 Å². The van der Waals surface area contributed by atoms with Crippen molar-refractivity contribution in [1.29, 1.82) is 0 Å². The Bertz CT molecular complexity index is 952. The van der Waals surface area contributed by atoms with E-state index in [0.717, 1.165) is 11.1 Å². The Morgan fingerprint density at radius 3 is 2.70 bits per heavy atom. The highest BCUT2D eigenvalue weighted by Crippen LogP contribution is 2.31. The van der Waals surface area contributed by atoms with Gasteiger partial charge in [0.05, 0.1) is 22.8 Å². The van der Waals surface area contributed by atoms with Crippen molar-refractivity contribution in [2.75, 3.05) is 6.61 Å². The van der Waals surface area contributed by atoms with Gasteiger partial charge in [0, 0.05) is 5.02 Å². The monoisotopic (exact) mass is 400 g/mol. The standard InChI is InChI=1S/C20H17ClN2O3S/c1-3-26-19(25)14-9-7-13(8-10-14)11-17-18(24)23-20(27-17)22-16-6-4-5-15(21)12(16)2/h4-11H,3H2,1-2H3,(H,22,23,24)/b17-11-. The maximum atomic E-state index is 12.2. The van der Waals surface area contributed by atoms with Crippen molar-refractivity contribution >= 4 is 52.2 Å². The van der Waals surface area contributed by atoms with Crippen molar-refractivity contribution in [2.45, 2.75) is 13.8 Å². The quantitative estimate of drug-likeness (QED) is 0.595. The van der Waals surface area contributed by atoms with E-state index in [4.69, 9.17) is 16.3 Å². The Hall–Kier alpha value is -2.57. The number of amidine groups is 1. The molecule has 0 radical (unpaired) electrons. The number of rotatable bonds is 4. The van der Waals surface area contributed by atoms with Crippen LogP contribution in [0, 0.1) is 6.92 Å². The number of halogens is 1. The predicted molar refractivity (Wildman–Crippen MR) is 109 cm³/mol. The number of thioether (sulfide) groups is 1. The first kappa shape index (κ1) is 19.2. The van der Waals surface area contributed by atoms with Crippen LogP contribution in [0.1, 0.15) is 28.4 Å². The summed E-state index contributed by atoms with van der Waals surface area (Å²) >= 11 is 7.37. The third kappa shape index (κ3) is 4.59. The van der Waals surface area contributed by atoms with Crippen LogP contribution in [-0.2, 0) is 9.53 Å². The minimum atomic E-state index is -0.365. The fourth-order valence-electron chi connectivity index (χ4n) is 2.39.